The molecule has 1 fully saturated rings. The molecule has 0 aromatic rings. The van der Waals surface area contributed by atoms with Crippen LogP contribution >= 0.6 is 0 Å². The van der Waals surface area contributed by atoms with Gasteiger partial charge in [0.05, 0.1) is 12.2 Å². The molecule has 0 aromatic heterocycles. The molecule has 1 heterocycles. The summed E-state index contributed by atoms with van der Waals surface area (Å²) in [6.45, 7) is 5.94. The number of hydrogen-bond donors (Lipinski definition) is 2. The maximum Gasteiger partial charge on any atom is 0.109 e. The Hall–Kier alpha value is -0.120. The van der Waals surface area contributed by atoms with E-state index in [0.29, 0.717) is 5.92 Å². The van der Waals surface area contributed by atoms with Crippen molar-refractivity contribution in [2.24, 2.45) is 5.92 Å². The monoisotopic (exact) mass is 174 g/mol. The van der Waals surface area contributed by atoms with Gasteiger partial charge in [0.25, 0.3) is 0 Å². The lowest BCUT2D eigenvalue weighted by atomic mass is 10.0. The van der Waals surface area contributed by atoms with E-state index in [1.807, 2.05) is 0 Å². The first kappa shape index (κ1) is 9.96. The van der Waals surface area contributed by atoms with Gasteiger partial charge in [-0.15, -0.1) is 0 Å². The smallest absolute Gasteiger partial charge is 0.109 e. The zero-order valence-corrected chi connectivity index (χ0v) is 7.90. The molecule has 1 aliphatic heterocycles. The average Bonchev–Trinajstić information content (AvgIpc) is 2.17. The number of rotatable bonds is 2. The average molecular weight is 174 g/mol. The molecule has 3 nitrogen and oxygen atoms in total. The van der Waals surface area contributed by atoms with E-state index in [-0.39, 0.29) is 12.2 Å². The molecule has 0 saturated carbocycles. The molecule has 0 spiro atoms. The van der Waals surface area contributed by atoms with Crippen molar-refractivity contribution in [2.75, 3.05) is 0 Å². The van der Waals surface area contributed by atoms with E-state index in [2.05, 4.69) is 13.8 Å². The van der Waals surface area contributed by atoms with E-state index in [1.165, 1.54) is 0 Å². The predicted molar refractivity (Wildman–Crippen MR) is 45.8 cm³/mol. The maximum atomic E-state index is 9.50. The van der Waals surface area contributed by atoms with Gasteiger partial charge in [-0.05, 0) is 19.3 Å². The third-order valence-electron chi connectivity index (χ3n) is 2.30. The van der Waals surface area contributed by atoms with E-state index in [0.717, 1.165) is 6.42 Å². The van der Waals surface area contributed by atoms with Crippen molar-refractivity contribution < 1.29 is 14.9 Å². The van der Waals surface area contributed by atoms with Gasteiger partial charge in [-0.2, -0.15) is 0 Å². The van der Waals surface area contributed by atoms with E-state index >= 15 is 0 Å². The van der Waals surface area contributed by atoms with Crippen LogP contribution in [0.5, 0.6) is 0 Å². The van der Waals surface area contributed by atoms with Crippen LogP contribution < -0.4 is 0 Å². The molecule has 1 aliphatic rings. The molecule has 1 rings (SSSR count). The first-order valence-corrected chi connectivity index (χ1v) is 4.54. The van der Waals surface area contributed by atoms with Crippen LogP contribution in [0.25, 0.3) is 0 Å². The highest BCUT2D eigenvalue weighted by Gasteiger charge is 2.39. The first-order chi connectivity index (χ1) is 5.52. The molecule has 0 amide bonds. The number of ether oxygens (including phenoxy) is 1. The molecule has 72 valence electrons. The fourth-order valence-corrected chi connectivity index (χ4v) is 1.59. The lowest BCUT2D eigenvalue weighted by Crippen LogP contribution is -2.32. The van der Waals surface area contributed by atoms with Crippen molar-refractivity contribution in [1.29, 1.82) is 0 Å². The number of hydrogen-bond acceptors (Lipinski definition) is 3. The summed E-state index contributed by atoms with van der Waals surface area (Å²) in [6, 6.07) is 0. The number of aliphatic hydroxyl groups excluding tert-OH is 2. The Morgan fingerprint density at radius 2 is 1.83 bits per heavy atom. The summed E-state index contributed by atoms with van der Waals surface area (Å²) in [5.41, 5.74) is 0. The van der Waals surface area contributed by atoms with Crippen LogP contribution in [0.4, 0.5) is 0 Å². The Bertz CT molecular complexity index is 145. The quantitative estimate of drug-likeness (QED) is 0.642. The van der Waals surface area contributed by atoms with Crippen LogP contribution in [0, 0.1) is 5.92 Å². The van der Waals surface area contributed by atoms with Gasteiger partial charge in [0, 0.05) is 0 Å². The second-order valence-corrected chi connectivity index (χ2v) is 3.99. The largest absolute Gasteiger partial charge is 0.388 e. The van der Waals surface area contributed by atoms with Crippen LogP contribution in [-0.4, -0.2) is 34.6 Å². The van der Waals surface area contributed by atoms with Crippen LogP contribution in [0.15, 0.2) is 0 Å². The minimum atomic E-state index is -0.714. The fourth-order valence-electron chi connectivity index (χ4n) is 1.59. The van der Waals surface area contributed by atoms with Crippen molar-refractivity contribution in [1.82, 2.24) is 0 Å². The topological polar surface area (TPSA) is 49.7 Å². The van der Waals surface area contributed by atoms with Gasteiger partial charge in [-0.1, -0.05) is 13.8 Å². The van der Waals surface area contributed by atoms with Crippen LogP contribution in [-0.2, 0) is 4.74 Å². The van der Waals surface area contributed by atoms with Gasteiger partial charge >= 0.3 is 0 Å². The molecular formula is C9H18O3. The van der Waals surface area contributed by atoms with Crippen LogP contribution in [0.3, 0.4) is 0 Å². The highest BCUT2D eigenvalue weighted by molar-refractivity contribution is 4.88. The highest BCUT2D eigenvalue weighted by Crippen LogP contribution is 2.25. The summed E-state index contributed by atoms with van der Waals surface area (Å²) in [4.78, 5) is 0. The van der Waals surface area contributed by atoms with Gasteiger partial charge in [-0.3, -0.25) is 0 Å². The van der Waals surface area contributed by atoms with Crippen molar-refractivity contribution in [3.63, 3.8) is 0 Å². The van der Waals surface area contributed by atoms with Gasteiger partial charge in [-0.25, -0.2) is 0 Å². The minimum Gasteiger partial charge on any atom is -0.388 e. The van der Waals surface area contributed by atoms with E-state index in [1.54, 1.807) is 6.92 Å². The molecule has 0 aliphatic carbocycles. The second kappa shape index (κ2) is 3.73. The molecule has 0 bridgehead atoms. The second-order valence-electron chi connectivity index (χ2n) is 3.99. The normalized spacial score (nSPS) is 42.5. The Morgan fingerprint density at radius 1 is 1.25 bits per heavy atom. The highest BCUT2D eigenvalue weighted by atomic mass is 16.5. The number of aliphatic hydroxyl groups is 2. The van der Waals surface area contributed by atoms with Gasteiger partial charge in [0.15, 0.2) is 0 Å². The lowest BCUT2D eigenvalue weighted by Gasteiger charge is -2.16. The standard InChI is InChI=1S/C9H18O3/c1-5(2)4-7-9(11)8(10)6(3)12-7/h5-11H,4H2,1-3H3/t6-,7?,8-,9+/m1/s1. The summed E-state index contributed by atoms with van der Waals surface area (Å²) < 4.78 is 5.40. The van der Waals surface area contributed by atoms with Crippen molar-refractivity contribution in [3.8, 4) is 0 Å². The third kappa shape index (κ3) is 1.97. The summed E-state index contributed by atoms with van der Waals surface area (Å²) in [5, 5.41) is 18.9. The van der Waals surface area contributed by atoms with E-state index < -0.39 is 12.2 Å². The first-order valence-electron chi connectivity index (χ1n) is 4.54. The minimum absolute atomic E-state index is 0.185. The molecule has 1 saturated heterocycles. The summed E-state index contributed by atoms with van der Waals surface area (Å²) in [7, 11) is 0. The van der Waals surface area contributed by atoms with Crippen molar-refractivity contribution >= 4 is 0 Å². The van der Waals surface area contributed by atoms with Gasteiger partial charge in [0.2, 0.25) is 0 Å². The molecule has 2 N–H and O–H groups in total. The molecule has 4 atom stereocenters. The summed E-state index contributed by atoms with van der Waals surface area (Å²) >= 11 is 0. The molecule has 1 unspecified atom stereocenters. The van der Waals surface area contributed by atoms with Crippen molar-refractivity contribution in [3.05, 3.63) is 0 Å². The van der Waals surface area contributed by atoms with E-state index in [9.17, 15) is 10.2 Å². The molecule has 0 radical (unpaired) electrons. The molecule has 3 heteroatoms. The predicted octanol–water partition coefficient (Wildman–Crippen LogP) is 0.542. The van der Waals surface area contributed by atoms with Gasteiger partial charge < -0.3 is 14.9 Å². The molecule has 12 heavy (non-hydrogen) atoms. The Labute approximate surface area is 73.4 Å². The van der Waals surface area contributed by atoms with E-state index in [4.69, 9.17) is 4.74 Å². The molecular weight excluding hydrogens is 156 g/mol. The van der Waals surface area contributed by atoms with Gasteiger partial charge in [0.1, 0.15) is 12.2 Å². The Morgan fingerprint density at radius 3 is 2.17 bits per heavy atom. The zero-order chi connectivity index (χ0) is 9.30. The summed E-state index contributed by atoms with van der Waals surface area (Å²) in [6.07, 6.45) is -1.03. The maximum absolute atomic E-state index is 9.50. The SMILES string of the molecule is CC(C)CC1O[C@H](C)[C@@H](O)[C@H]1O. The lowest BCUT2D eigenvalue weighted by molar-refractivity contribution is 0.00430. The van der Waals surface area contributed by atoms with Crippen molar-refractivity contribution in [2.45, 2.75) is 51.6 Å². The summed E-state index contributed by atoms with van der Waals surface area (Å²) in [5.74, 6) is 0.488. The third-order valence-corrected chi connectivity index (χ3v) is 2.30. The fraction of sp³-hybridized carbons (Fsp3) is 1.00. The van der Waals surface area contributed by atoms with Crippen LogP contribution in [0.1, 0.15) is 27.2 Å². The Balaban J connectivity index is 2.47. The zero-order valence-electron chi connectivity index (χ0n) is 7.90. The van der Waals surface area contributed by atoms with Crippen LogP contribution in [0.2, 0.25) is 0 Å². The Kier molecular flexibility index (Phi) is 3.09. The molecule has 0 aromatic carbocycles.